The van der Waals surface area contributed by atoms with Crippen molar-refractivity contribution in [2.75, 3.05) is 13.7 Å². The normalized spacial score (nSPS) is 16.6. The molecule has 0 aliphatic carbocycles. The third-order valence-electron chi connectivity index (χ3n) is 4.32. The Hall–Kier alpha value is -3.23. The van der Waals surface area contributed by atoms with Crippen LogP contribution in [0.5, 0.6) is 11.6 Å². The van der Waals surface area contributed by atoms with Crippen molar-refractivity contribution in [2.24, 2.45) is 5.73 Å². The number of alkyl halides is 1. The summed E-state index contributed by atoms with van der Waals surface area (Å²) in [5, 5.41) is 2.75. The largest absolute Gasteiger partial charge is 0.496 e. The maximum absolute atomic E-state index is 14.2. The molecule has 1 atom stereocenters. The maximum Gasteiger partial charge on any atom is 0.263 e. The van der Waals surface area contributed by atoms with Gasteiger partial charge < -0.3 is 20.5 Å². The molecule has 27 heavy (non-hydrogen) atoms. The van der Waals surface area contributed by atoms with Gasteiger partial charge in [0, 0.05) is 5.39 Å². The first kappa shape index (κ1) is 18.6. The molecule has 3 N–H and O–H groups in total. The number of hydrogen-bond acceptors (Lipinski definition) is 5. The van der Waals surface area contributed by atoms with Gasteiger partial charge in [-0.05, 0) is 24.1 Å². The SMILES string of the molecule is CCC1=C(COc2ncc(F)c3cc(C(N)=O)c(OC)cc23)NC(=O)[C@H]1F. The van der Waals surface area contributed by atoms with Gasteiger partial charge in [-0.2, -0.15) is 0 Å². The van der Waals surface area contributed by atoms with Gasteiger partial charge in [0.15, 0.2) is 0 Å². The van der Waals surface area contributed by atoms with E-state index in [4.69, 9.17) is 15.2 Å². The Bertz CT molecular complexity index is 975. The molecule has 0 fully saturated rings. The molecule has 7 nitrogen and oxygen atoms in total. The number of halogens is 2. The van der Waals surface area contributed by atoms with E-state index in [1.807, 2.05) is 0 Å². The first-order valence-electron chi connectivity index (χ1n) is 8.13. The zero-order valence-electron chi connectivity index (χ0n) is 14.6. The third-order valence-corrected chi connectivity index (χ3v) is 4.32. The summed E-state index contributed by atoms with van der Waals surface area (Å²) in [5.74, 6) is -2.00. The molecule has 1 aromatic heterocycles. The summed E-state index contributed by atoms with van der Waals surface area (Å²) >= 11 is 0. The highest BCUT2D eigenvalue weighted by atomic mass is 19.1. The molecule has 1 aliphatic rings. The van der Waals surface area contributed by atoms with Gasteiger partial charge in [-0.3, -0.25) is 9.59 Å². The Morgan fingerprint density at radius 1 is 1.37 bits per heavy atom. The van der Waals surface area contributed by atoms with Gasteiger partial charge in [-0.1, -0.05) is 6.92 Å². The fourth-order valence-corrected chi connectivity index (χ4v) is 2.95. The van der Waals surface area contributed by atoms with Crippen molar-refractivity contribution >= 4 is 22.6 Å². The number of nitrogens with zero attached hydrogens (tertiary/aromatic N) is 1. The van der Waals surface area contributed by atoms with Crippen LogP contribution in [0.1, 0.15) is 23.7 Å². The van der Waals surface area contributed by atoms with Crippen molar-refractivity contribution in [1.29, 1.82) is 0 Å². The number of rotatable bonds is 6. The lowest BCUT2D eigenvalue weighted by atomic mass is 10.1. The highest BCUT2D eigenvalue weighted by molar-refractivity contribution is 6.01. The number of nitrogens with two attached hydrogens (primary N) is 1. The summed E-state index contributed by atoms with van der Waals surface area (Å²) in [4.78, 5) is 26.9. The van der Waals surface area contributed by atoms with Gasteiger partial charge in [-0.15, -0.1) is 0 Å². The second-order valence-electron chi connectivity index (χ2n) is 5.87. The summed E-state index contributed by atoms with van der Waals surface area (Å²) in [6, 6.07) is 2.65. The van der Waals surface area contributed by atoms with E-state index in [0.717, 1.165) is 6.20 Å². The number of amides is 2. The molecule has 142 valence electrons. The quantitative estimate of drug-likeness (QED) is 0.801. The molecule has 0 bridgehead atoms. The monoisotopic (exact) mass is 377 g/mol. The number of fused-ring (bicyclic) bond motifs is 1. The van der Waals surface area contributed by atoms with Crippen LogP contribution < -0.4 is 20.5 Å². The van der Waals surface area contributed by atoms with Crippen LogP contribution in [0.25, 0.3) is 10.8 Å². The van der Waals surface area contributed by atoms with Crippen LogP contribution in [0.2, 0.25) is 0 Å². The van der Waals surface area contributed by atoms with Crippen LogP contribution in [0.4, 0.5) is 8.78 Å². The van der Waals surface area contributed by atoms with Crippen LogP contribution >= 0.6 is 0 Å². The number of pyridine rings is 1. The van der Waals surface area contributed by atoms with Crippen LogP contribution in [-0.4, -0.2) is 36.7 Å². The van der Waals surface area contributed by atoms with Crippen LogP contribution in [0, 0.1) is 5.82 Å². The number of aromatic nitrogens is 1. The van der Waals surface area contributed by atoms with Crippen molar-refractivity contribution in [3.63, 3.8) is 0 Å². The van der Waals surface area contributed by atoms with Crippen molar-refractivity contribution in [3.05, 3.63) is 41.0 Å². The van der Waals surface area contributed by atoms with Crippen LogP contribution in [0.15, 0.2) is 29.6 Å². The fraction of sp³-hybridized carbons (Fsp3) is 0.278. The topological polar surface area (TPSA) is 104 Å². The van der Waals surface area contributed by atoms with E-state index in [2.05, 4.69) is 10.3 Å². The molecule has 2 aromatic rings. The number of carbonyl (C=O) groups is 2. The molecule has 3 rings (SSSR count). The summed E-state index contributed by atoms with van der Waals surface area (Å²) < 4.78 is 38.7. The number of nitrogens with one attached hydrogen (secondary N) is 1. The van der Waals surface area contributed by atoms with Gasteiger partial charge in [-0.25, -0.2) is 13.8 Å². The van der Waals surface area contributed by atoms with E-state index in [0.29, 0.717) is 17.7 Å². The van der Waals surface area contributed by atoms with Crippen molar-refractivity contribution in [3.8, 4) is 11.6 Å². The fourth-order valence-electron chi connectivity index (χ4n) is 2.95. The van der Waals surface area contributed by atoms with E-state index < -0.39 is 23.8 Å². The number of hydrogen-bond donors (Lipinski definition) is 2. The average Bonchev–Trinajstić information content (AvgIpc) is 2.93. The van der Waals surface area contributed by atoms with Gasteiger partial charge >= 0.3 is 0 Å². The molecule has 9 heteroatoms. The van der Waals surface area contributed by atoms with E-state index >= 15 is 0 Å². The predicted molar refractivity (Wildman–Crippen MR) is 92.6 cm³/mol. The Balaban J connectivity index is 2.00. The molecule has 1 aromatic carbocycles. The molecule has 2 amide bonds. The minimum Gasteiger partial charge on any atom is -0.496 e. The van der Waals surface area contributed by atoms with Crippen molar-refractivity contribution in [2.45, 2.75) is 19.5 Å². The third kappa shape index (κ3) is 3.27. The zero-order chi connectivity index (χ0) is 19.7. The summed E-state index contributed by atoms with van der Waals surface area (Å²) in [7, 11) is 1.34. The second-order valence-corrected chi connectivity index (χ2v) is 5.87. The Morgan fingerprint density at radius 2 is 2.11 bits per heavy atom. The summed E-state index contributed by atoms with van der Waals surface area (Å²) in [5.41, 5.74) is 5.93. The minimum atomic E-state index is -1.70. The molecular weight excluding hydrogens is 360 g/mol. The number of primary amides is 1. The lowest BCUT2D eigenvalue weighted by molar-refractivity contribution is -0.122. The summed E-state index contributed by atoms with van der Waals surface area (Å²) in [6.07, 6.45) is -0.425. The number of ether oxygens (including phenoxy) is 2. The highest BCUT2D eigenvalue weighted by Gasteiger charge is 2.32. The van der Waals surface area contributed by atoms with Gasteiger partial charge in [0.25, 0.3) is 11.8 Å². The smallest absolute Gasteiger partial charge is 0.263 e. The molecule has 0 radical (unpaired) electrons. The van der Waals surface area contributed by atoms with Crippen molar-refractivity contribution in [1.82, 2.24) is 10.3 Å². The Labute approximate surface area is 153 Å². The Morgan fingerprint density at radius 3 is 2.74 bits per heavy atom. The van der Waals surface area contributed by atoms with E-state index in [1.165, 1.54) is 19.2 Å². The van der Waals surface area contributed by atoms with E-state index in [1.54, 1.807) is 6.92 Å². The molecule has 0 saturated heterocycles. The number of methoxy groups -OCH3 is 1. The number of benzene rings is 1. The van der Waals surface area contributed by atoms with Crippen LogP contribution in [-0.2, 0) is 4.79 Å². The Kier molecular flexibility index (Phi) is 4.93. The lowest BCUT2D eigenvalue weighted by Gasteiger charge is -2.13. The van der Waals surface area contributed by atoms with Crippen LogP contribution in [0.3, 0.4) is 0 Å². The highest BCUT2D eigenvalue weighted by Crippen LogP contribution is 2.33. The molecular formula is C18H17F2N3O4. The average molecular weight is 377 g/mol. The van der Waals surface area contributed by atoms with E-state index in [-0.39, 0.29) is 34.6 Å². The second kappa shape index (κ2) is 7.18. The van der Waals surface area contributed by atoms with Crippen molar-refractivity contribution < 1.29 is 27.8 Å². The molecule has 0 saturated carbocycles. The molecule has 0 spiro atoms. The summed E-state index contributed by atoms with van der Waals surface area (Å²) in [6.45, 7) is 1.58. The molecule has 2 heterocycles. The first-order valence-corrected chi connectivity index (χ1v) is 8.13. The molecule has 1 aliphatic heterocycles. The predicted octanol–water partition coefficient (Wildman–Crippen LogP) is 1.99. The zero-order valence-corrected chi connectivity index (χ0v) is 14.6. The van der Waals surface area contributed by atoms with Gasteiger partial charge in [0.05, 0.1) is 30.0 Å². The van der Waals surface area contributed by atoms with E-state index in [9.17, 15) is 18.4 Å². The lowest BCUT2D eigenvalue weighted by Crippen LogP contribution is -2.24. The first-order chi connectivity index (χ1) is 12.9. The van der Waals surface area contributed by atoms with Gasteiger partial charge in [0.1, 0.15) is 18.2 Å². The minimum absolute atomic E-state index is 0.0142. The number of carbonyl (C=O) groups excluding carboxylic acids is 2. The van der Waals surface area contributed by atoms with Gasteiger partial charge in [0.2, 0.25) is 12.1 Å². The maximum atomic E-state index is 14.2. The standard InChI is InChI=1S/C18H17F2N3O4/c1-3-8-13(23-17(25)15(8)20)7-27-18-10-5-14(26-2)11(16(21)24)4-9(10)12(19)6-22-18/h4-6,15H,3,7H2,1-2H3,(H2,21,24)(H,23,25)/t15-/m0/s1. The molecule has 0 unspecified atom stereocenters.